The van der Waals surface area contributed by atoms with Crippen molar-refractivity contribution in [1.82, 2.24) is 41.4 Å². The number of phenolic OH excluding ortho intramolecular Hbond substituents is 1. The Balaban J connectivity index is 1.22. The van der Waals surface area contributed by atoms with Crippen molar-refractivity contribution >= 4 is 86.2 Å². The van der Waals surface area contributed by atoms with Crippen LogP contribution in [0.2, 0.25) is 0 Å². The van der Waals surface area contributed by atoms with Gasteiger partial charge in [-0.25, -0.2) is 0 Å². The van der Waals surface area contributed by atoms with Gasteiger partial charge in [-0.2, -0.15) is 0 Å². The number of Topliss-reactive ketones (excluding diaryl/α,β-unsaturated/α-hetero) is 2. The summed E-state index contributed by atoms with van der Waals surface area (Å²) in [5, 5.41) is 37.6. The molecule has 1 saturated heterocycles. The summed E-state index contributed by atoms with van der Waals surface area (Å²) in [5.74, 6) is -6.88. The lowest BCUT2D eigenvalue weighted by Crippen LogP contribution is -2.68. The number of aliphatic hydroxyl groups excluding tert-OH is 1. The molecule has 490 valence electrons. The van der Waals surface area contributed by atoms with Gasteiger partial charge in [0.25, 0.3) is 5.91 Å². The number of ketones is 2. The van der Waals surface area contributed by atoms with Crippen LogP contribution in [0, 0.1) is 5.92 Å². The van der Waals surface area contributed by atoms with E-state index in [4.69, 9.17) is 17.2 Å². The normalized spacial score (nSPS) is 15.6. The van der Waals surface area contributed by atoms with Crippen molar-refractivity contribution in [1.29, 1.82) is 0 Å². The van der Waals surface area contributed by atoms with Gasteiger partial charge in [0.1, 0.15) is 36.0 Å². The number of hydrogen-bond donors (Lipinski definition) is 11. The average molecular weight is 1260 g/mol. The molecule has 14 N–H and O–H groups in total. The van der Waals surface area contributed by atoms with Crippen LogP contribution in [0.15, 0.2) is 133 Å². The van der Waals surface area contributed by atoms with Crippen LogP contribution < -0.4 is 48.7 Å². The monoisotopic (exact) mass is 1260 g/mol. The first-order valence-electron chi connectivity index (χ1n) is 31.0. The second-order valence-electron chi connectivity index (χ2n) is 24.0. The molecular weight excluding hydrogens is 1170 g/mol. The Hall–Kier alpha value is -9.68. The Morgan fingerprint density at radius 1 is 0.717 bits per heavy atom. The number of aromatic hydroxyl groups is 1. The number of aliphatic imine (C=N–C) groups is 1. The van der Waals surface area contributed by atoms with Crippen LogP contribution in [0.3, 0.4) is 0 Å². The van der Waals surface area contributed by atoms with E-state index >= 15 is 24.0 Å². The van der Waals surface area contributed by atoms with Gasteiger partial charge in [-0.3, -0.25) is 48.1 Å². The summed E-state index contributed by atoms with van der Waals surface area (Å²) in [6.07, 6.45) is 2.72. The van der Waals surface area contributed by atoms with Crippen LogP contribution in [0.4, 0.5) is 5.69 Å². The lowest BCUT2D eigenvalue weighted by Gasteiger charge is -2.41. The van der Waals surface area contributed by atoms with Crippen molar-refractivity contribution in [3.05, 3.63) is 144 Å². The van der Waals surface area contributed by atoms with Gasteiger partial charge in [0.05, 0.1) is 18.7 Å². The van der Waals surface area contributed by atoms with E-state index in [2.05, 4.69) is 36.6 Å². The van der Waals surface area contributed by atoms with Crippen molar-refractivity contribution < 1.29 is 53.4 Å². The number of nitrogens with two attached hydrogens (primary N) is 3. The number of aliphatic hydroxyl groups is 1. The first kappa shape index (κ1) is 69.8. The second kappa shape index (κ2) is 32.4. The molecule has 5 aromatic carbocycles. The van der Waals surface area contributed by atoms with Crippen molar-refractivity contribution in [3.63, 3.8) is 0 Å². The molecule has 0 aliphatic carbocycles. The number of para-hydroxylation sites is 1. The Bertz CT molecular complexity index is 3610. The molecule has 8 atom stereocenters. The quantitative estimate of drug-likeness (QED) is 0.0125. The highest BCUT2D eigenvalue weighted by atomic mass is 16.3. The Labute approximate surface area is 535 Å². The van der Waals surface area contributed by atoms with Crippen LogP contribution in [0.1, 0.15) is 82.9 Å². The van der Waals surface area contributed by atoms with E-state index in [0.29, 0.717) is 40.6 Å². The number of likely N-dealkylation sites (tertiary alicyclic amines) is 1. The number of phenols is 1. The molecule has 1 aliphatic rings. The fourth-order valence-corrected chi connectivity index (χ4v) is 11.8. The van der Waals surface area contributed by atoms with E-state index in [9.17, 15) is 29.4 Å². The summed E-state index contributed by atoms with van der Waals surface area (Å²) in [6.45, 7) is 5.78. The zero-order valence-electron chi connectivity index (χ0n) is 53.0. The van der Waals surface area contributed by atoms with Gasteiger partial charge in [0.15, 0.2) is 23.1 Å². The SMILES string of the molecule is CC(=O)N[C@H](Cc1ccccc1)C(=O)[C@](C)(C(=O)N[C@@H](CO)C(=O)N(C)[C@@H](Cc1ccc(O)cc1)C(=O)N[C@H](Cc1c[nH]c2ccccc12)C(=O)N[C@@H](CC(C)C)C(=O)N[C@@H](CCCN=C(N)N)C(=O)N1CCC[C@H]1C(=O)CCN)N(C)c1cccc2ccccc12. The number of aromatic nitrogens is 1. The molecule has 0 radical (unpaired) electrons. The molecule has 6 aromatic rings. The van der Waals surface area contributed by atoms with Gasteiger partial charge >= 0.3 is 0 Å². The number of guanidine groups is 1. The summed E-state index contributed by atoms with van der Waals surface area (Å²) in [6, 6.07) is 25.5. The van der Waals surface area contributed by atoms with Gasteiger partial charge in [-0.15, -0.1) is 0 Å². The minimum Gasteiger partial charge on any atom is -0.508 e. The number of rotatable bonds is 32. The van der Waals surface area contributed by atoms with Gasteiger partial charge in [0.2, 0.25) is 35.4 Å². The molecule has 24 nitrogen and oxygen atoms in total. The van der Waals surface area contributed by atoms with Crippen LogP contribution in [-0.2, 0) is 62.4 Å². The van der Waals surface area contributed by atoms with Crippen molar-refractivity contribution in [2.24, 2.45) is 28.1 Å². The van der Waals surface area contributed by atoms with Crippen molar-refractivity contribution in [2.45, 2.75) is 133 Å². The summed E-state index contributed by atoms with van der Waals surface area (Å²) in [5.41, 5.74) is 17.6. The predicted molar refractivity (Wildman–Crippen MR) is 351 cm³/mol. The number of H-pyrrole nitrogens is 1. The molecule has 0 bridgehead atoms. The van der Waals surface area contributed by atoms with E-state index in [0.717, 1.165) is 21.2 Å². The lowest BCUT2D eigenvalue weighted by molar-refractivity contribution is -0.145. The predicted octanol–water partition coefficient (Wildman–Crippen LogP) is 2.79. The van der Waals surface area contributed by atoms with E-state index in [1.807, 2.05) is 56.3 Å². The minimum atomic E-state index is -2.22. The number of benzene rings is 5. The van der Waals surface area contributed by atoms with Gasteiger partial charge in [-0.1, -0.05) is 111 Å². The Morgan fingerprint density at radius 2 is 1.35 bits per heavy atom. The smallest absolute Gasteiger partial charge is 0.254 e. The van der Waals surface area contributed by atoms with Crippen LogP contribution >= 0.6 is 0 Å². The summed E-state index contributed by atoms with van der Waals surface area (Å²) < 4.78 is 0. The number of hydrogen-bond acceptors (Lipinski definition) is 14. The van der Waals surface area contributed by atoms with E-state index in [-0.39, 0.29) is 88.0 Å². The fraction of sp³-hybridized carbons (Fsp3) is 0.412. The number of nitrogens with one attached hydrogen (secondary N) is 6. The van der Waals surface area contributed by atoms with Gasteiger partial charge in [0, 0.05) is 81.5 Å². The Kier molecular flexibility index (Phi) is 24.5. The van der Waals surface area contributed by atoms with Gasteiger partial charge < -0.3 is 73.7 Å². The zero-order chi connectivity index (χ0) is 66.8. The minimum absolute atomic E-state index is 0.0145. The standard InChI is InChI=1S/C68H87N13O11/c1-41(2)35-53(61(87)75-51(24-15-33-72-67(70)71)65(91)81-34-16-26-57(81)59(85)31-32-69)76-62(88)54(38-46-39-73-50-23-13-12-21-48(46)50)77-63(89)58(37-44-27-29-47(84)30-28-44)79(5)64(90)55(40-82)78-66(92)68(4,80(6)56-25-14-20-45-19-10-11-22-49(45)56)60(86)52(74-42(3)83)36-43-17-8-7-9-18-43/h7-14,17-23,25,27-30,39,41,51-55,57-58,73,82,84H,15-16,24,26,31-38,40,69H2,1-6H3,(H,74,83)(H,75,87)(H,76,88)(H,77,89)(H,78,92)(H4,70,71,72)/t51-,52+,53-,54+,55-,57-,58-,68+/m0/s1. The maximum absolute atomic E-state index is 15.4. The molecule has 1 aliphatic heterocycles. The average Bonchev–Trinajstić information content (AvgIpc) is 0.979. The molecule has 92 heavy (non-hydrogen) atoms. The largest absolute Gasteiger partial charge is 0.508 e. The molecule has 0 unspecified atom stereocenters. The summed E-state index contributed by atoms with van der Waals surface area (Å²) in [7, 11) is 2.83. The maximum Gasteiger partial charge on any atom is 0.254 e. The fourth-order valence-electron chi connectivity index (χ4n) is 11.8. The highest BCUT2D eigenvalue weighted by Crippen LogP contribution is 2.33. The summed E-state index contributed by atoms with van der Waals surface area (Å²) >= 11 is 0. The second-order valence-corrected chi connectivity index (χ2v) is 24.0. The number of carbonyl (C=O) groups excluding carboxylic acids is 9. The highest BCUT2D eigenvalue weighted by molar-refractivity contribution is 6.17. The third kappa shape index (κ3) is 17.6. The van der Waals surface area contributed by atoms with Crippen molar-refractivity contribution in [3.8, 4) is 5.75 Å². The maximum atomic E-state index is 15.4. The molecule has 0 saturated carbocycles. The van der Waals surface area contributed by atoms with Crippen LogP contribution in [0.5, 0.6) is 5.75 Å². The lowest BCUT2D eigenvalue weighted by atomic mass is 9.84. The van der Waals surface area contributed by atoms with E-state index < -0.39 is 102 Å². The number of anilines is 1. The number of nitrogens with zero attached hydrogens (tertiary/aromatic N) is 4. The third-order valence-corrected chi connectivity index (χ3v) is 16.9. The van der Waals surface area contributed by atoms with E-state index in [1.165, 1.54) is 55.0 Å². The van der Waals surface area contributed by atoms with E-state index in [1.54, 1.807) is 67.8 Å². The molecule has 7 rings (SSSR count). The Morgan fingerprint density at radius 3 is 2.02 bits per heavy atom. The number of carbonyl (C=O) groups is 9. The number of amides is 7. The number of likely N-dealkylation sites (N-methyl/N-ethyl adjacent to an activating group) is 2. The van der Waals surface area contributed by atoms with Gasteiger partial charge in [-0.05, 0) is 104 Å². The number of fused-ring (bicyclic) bond motifs is 2. The van der Waals surface area contributed by atoms with Crippen LogP contribution in [-0.4, -0.2) is 172 Å². The third-order valence-electron chi connectivity index (χ3n) is 16.9. The first-order valence-corrected chi connectivity index (χ1v) is 31.0. The topological polar surface area (TPSA) is 370 Å². The van der Waals surface area contributed by atoms with Crippen molar-refractivity contribution in [2.75, 3.05) is 45.2 Å². The summed E-state index contributed by atoms with van der Waals surface area (Å²) in [4.78, 5) is 143. The molecule has 1 fully saturated rings. The molecule has 24 heteroatoms. The molecular formula is C68H87N13O11. The molecule has 7 amide bonds. The van der Waals surface area contributed by atoms with Crippen LogP contribution in [0.25, 0.3) is 21.7 Å². The molecule has 2 heterocycles. The zero-order valence-corrected chi connectivity index (χ0v) is 53.0. The highest BCUT2D eigenvalue weighted by Gasteiger charge is 2.50. The first-order chi connectivity index (χ1) is 43.9. The molecule has 0 spiro atoms. The molecule has 1 aromatic heterocycles. The number of aromatic amines is 1.